The van der Waals surface area contributed by atoms with Crippen molar-refractivity contribution in [2.24, 2.45) is 11.7 Å². The molecule has 0 saturated heterocycles. The molecule has 0 spiro atoms. The largest absolute Gasteiger partial charge is 0.391 e. The predicted molar refractivity (Wildman–Crippen MR) is 77.3 cm³/mol. The fourth-order valence-corrected chi connectivity index (χ4v) is 3.55. The Morgan fingerprint density at radius 3 is 2.11 bits per heavy atom. The summed E-state index contributed by atoms with van der Waals surface area (Å²) >= 11 is 5.24. The molecule has 2 saturated carbocycles. The van der Waals surface area contributed by atoms with Gasteiger partial charge in [-0.3, -0.25) is 4.79 Å². The van der Waals surface area contributed by atoms with Crippen LogP contribution in [0.25, 0.3) is 0 Å². The Morgan fingerprint density at radius 1 is 1.06 bits per heavy atom. The highest BCUT2D eigenvalue weighted by molar-refractivity contribution is 7.80. The molecular formula is C14H24N2OS. The van der Waals surface area contributed by atoms with E-state index in [1.54, 1.807) is 0 Å². The minimum absolute atomic E-state index is 0.183. The molecule has 18 heavy (non-hydrogen) atoms. The standard InChI is InChI=1S/C14H24N2OS/c15-13(18)14(9-5-1-2-6-10-14)16-12(17)11-7-3-4-8-11/h11H,1-10H2,(H2,15,18)(H,16,17). The van der Waals surface area contributed by atoms with E-state index < -0.39 is 5.54 Å². The molecule has 4 heteroatoms. The molecule has 3 nitrogen and oxygen atoms in total. The minimum atomic E-state index is -0.397. The molecule has 0 aromatic heterocycles. The second kappa shape index (κ2) is 6.00. The van der Waals surface area contributed by atoms with Gasteiger partial charge in [-0.25, -0.2) is 0 Å². The first-order valence-electron chi connectivity index (χ1n) is 7.26. The van der Waals surface area contributed by atoms with Gasteiger partial charge in [0.15, 0.2) is 0 Å². The van der Waals surface area contributed by atoms with Gasteiger partial charge in [-0.2, -0.15) is 0 Å². The number of thiocarbonyl (C=S) groups is 1. The Balaban J connectivity index is 2.04. The Kier molecular flexibility index (Phi) is 4.60. The highest BCUT2D eigenvalue weighted by Crippen LogP contribution is 2.30. The number of carbonyl (C=O) groups excluding carboxylic acids is 1. The summed E-state index contributed by atoms with van der Waals surface area (Å²) in [4.78, 5) is 12.8. The van der Waals surface area contributed by atoms with Gasteiger partial charge in [0.25, 0.3) is 0 Å². The maximum absolute atomic E-state index is 12.3. The van der Waals surface area contributed by atoms with Gasteiger partial charge in [0, 0.05) is 5.92 Å². The molecule has 0 radical (unpaired) electrons. The quantitative estimate of drug-likeness (QED) is 0.611. The van der Waals surface area contributed by atoms with Gasteiger partial charge in [-0.15, -0.1) is 0 Å². The number of hydrogen-bond donors (Lipinski definition) is 2. The van der Waals surface area contributed by atoms with E-state index in [1.165, 1.54) is 25.7 Å². The van der Waals surface area contributed by atoms with Crippen LogP contribution in [0.3, 0.4) is 0 Å². The van der Waals surface area contributed by atoms with Crippen LogP contribution in [0.4, 0.5) is 0 Å². The molecule has 2 aliphatic rings. The lowest BCUT2D eigenvalue weighted by Crippen LogP contribution is -2.57. The summed E-state index contributed by atoms with van der Waals surface area (Å²) in [6, 6.07) is 0. The number of nitrogens with two attached hydrogens (primary N) is 1. The van der Waals surface area contributed by atoms with Crippen molar-refractivity contribution in [3.8, 4) is 0 Å². The topological polar surface area (TPSA) is 55.1 Å². The van der Waals surface area contributed by atoms with Crippen LogP contribution in [0.5, 0.6) is 0 Å². The molecule has 0 bridgehead atoms. The van der Waals surface area contributed by atoms with Crippen molar-refractivity contribution < 1.29 is 4.79 Å². The van der Waals surface area contributed by atoms with Gasteiger partial charge < -0.3 is 11.1 Å². The maximum Gasteiger partial charge on any atom is 0.223 e. The Morgan fingerprint density at radius 2 is 1.61 bits per heavy atom. The fourth-order valence-electron chi connectivity index (χ4n) is 3.29. The van der Waals surface area contributed by atoms with Crippen molar-refractivity contribution in [2.75, 3.05) is 0 Å². The monoisotopic (exact) mass is 268 g/mol. The van der Waals surface area contributed by atoms with Gasteiger partial charge >= 0.3 is 0 Å². The molecule has 0 aromatic carbocycles. The smallest absolute Gasteiger partial charge is 0.223 e. The molecule has 2 rings (SSSR count). The summed E-state index contributed by atoms with van der Waals surface area (Å²) in [5.41, 5.74) is 5.54. The lowest BCUT2D eigenvalue weighted by Gasteiger charge is -2.34. The van der Waals surface area contributed by atoms with Gasteiger partial charge in [0.2, 0.25) is 5.91 Å². The van der Waals surface area contributed by atoms with Crippen molar-refractivity contribution in [2.45, 2.75) is 69.7 Å². The van der Waals surface area contributed by atoms with E-state index in [-0.39, 0.29) is 11.8 Å². The van der Waals surface area contributed by atoms with E-state index in [4.69, 9.17) is 18.0 Å². The van der Waals surface area contributed by atoms with E-state index in [2.05, 4.69) is 5.32 Å². The van der Waals surface area contributed by atoms with E-state index >= 15 is 0 Å². The third-order valence-corrected chi connectivity index (χ3v) is 4.91. The highest BCUT2D eigenvalue weighted by atomic mass is 32.1. The summed E-state index contributed by atoms with van der Waals surface area (Å²) < 4.78 is 0. The lowest BCUT2D eigenvalue weighted by molar-refractivity contribution is -0.126. The molecule has 2 fully saturated rings. The Hall–Kier alpha value is -0.640. The molecule has 3 N–H and O–H groups in total. The van der Waals surface area contributed by atoms with Crippen LogP contribution in [-0.2, 0) is 4.79 Å². The Bertz CT molecular complexity index is 316. The SMILES string of the molecule is NC(=S)C1(NC(=O)C2CCCC2)CCCCCC1. The van der Waals surface area contributed by atoms with E-state index in [0.717, 1.165) is 38.5 Å². The summed E-state index contributed by atoms with van der Waals surface area (Å²) in [6.07, 6.45) is 10.9. The summed E-state index contributed by atoms with van der Waals surface area (Å²) in [5, 5.41) is 3.21. The second-order valence-corrected chi connectivity index (χ2v) is 6.27. The van der Waals surface area contributed by atoms with Crippen LogP contribution in [0.1, 0.15) is 64.2 Å². The van der Waals surface area contributed by atoms with Crippen LogP contribution < -0.4 is 11.1 Å². The van der Waals surface area contributed by atoms with Crippen LogP contribution in [0, 0.1) is 5.92 Å². The number of nitrogens with one attached hydrogen (secondary N) is 1. The third-order valence-electron chi connectivity index (χ3n) is 4.52. The average Bonchev–Trinajstić information content (AvgIpc) is 2.77. The average molecular weight is 268 g/mol. The first-order valence-corrected chi connectivity index (χ1v) is 7.67. The minimum Gasteiger partial charge on any atom is -0.391 e. The summed E-state index contributed by atoms with van der Waals surface area (Å²) in [7, 11) is 0. The summed E-state index contributed by atoms with van der Waals surface area (Å²) in [5.74, 6) is 0.377. The molecule has 1 amide bonds. The number of amides is 1. The van der Waals surface area contributed by atoms with Gasteiger partial charge in [-0.1, -0.05) is 50.7 Å². The zero-order chi connectivity index (χ0) is 13.0. The van der Waals surface area contributed by atoms with Crippen LogP contribution in [0.2, 0.25) is 0 Å². The summed E-state index contributed by atoms with van der Waals surface area (Å²) in [6.45, 7) is 0. The first-order chi connectivity index (χ1) is 8.64. The number of rotatable bonds is 3. The molecule has 0 aromatic rings. The van der Waals surface area contributed by atoms with Crippen LogP contribution in [-0.4, -0.2) is 16.4 Å². The van der Waals surface area contributed by atoms with Gasteiger partial charge in [0.05, 0.1) is 10.5 Å². The predicted octanol–water partition coefficient (Wildman–Crippen LogP) is 2.67. The Labute approximate surface area is 115 Å². The second-order valence-electron chi connectivity index (χ2n) is 5.83. The zero-order valence-electron chi connectivity index (χ0n) is 11.0. The van der Waals surface area contributed by atoms with E-state index in [0.29, 0.717) is 4.99 Å². The van der Waals surface area contributed by atoms with Crippen LogP contribution in [0.15, 0.2) is 0 Å². The molecule has 102 valence electrons. The molecule has 0 heterocycles. The third kappa shape index (κ3) is 3.02. The molecule has 0 aliphatic heterocycles. The van der Waals surface area contributed by atoms with E-state index in [1.807, 2.05) is 0 Å². The first kappa shape index (κ1) is 13.8. The zero-order valence-corrected chi connectivity index (χ0v) is 11.9. The van der Waals surface area contributed by atoms with Crippen molar-refractivity contribution in [3.05, 3.63) is 0 Å². The normalized spacial score (nSPS) is 24.4. The highest BCUT2D eigenvalue weighted by Gasteiger charge is 2.37. The van der Waals surface area contributed by atoms with Gasteiger partial charge in [-0.05, 0) is 25.7 Å². The maximum atomic E-state index is 12.3. The van der Waals surface area contributed by atoms with Crippen molar-refractivity contribution in [1.29, 1.82) is 0 Å². The molecule has 0 unspecified atom stereocenters. The fraction of sp³-hybridized carbons (Fsp3) is 0.857. The molecule has 0 atom stereocenters. The lowest BCUT2D eigenvalue weighted by atomic mass is 9.89. The molecular weight excluding hydrogens is 244 g/mol. The van der Waals surface area contributed by atoms with Gasteiger partial charge in [0.1, 0.15) is 0 Å². The number of hydrogen-bond acceptors (Lipinski definition) is 2. The number of carbonyl (C=O) groups is 1. The van der Waals surface area contributed by atoms with Crippen molar-refractivity contribution >= 4 is 23.1 Å². The van der Waals surface area contributed by atoms with E-state index in [9.17, 15) is 4.79 Å². The molecule has 2 aliphatic carbocycles. The van der Waals surface area contributed by atoms with Crippen molar-refractivity contribution in [3.63, 3.8) is 0 Å². The van der Waals surface area contributed by atoms with Crippen molar-refractivity contribution in [1.82, 2.24) is 5.32 Å². The van der Waals surface area contributed by atoms with Crippen LogP contribution >= 0.6 is 12.2 Å².